The Kier molecular flexibility index (Phi) is 8.62. The molecule has 0 radical (unpaired) electrons. The van der Waals surface area contributed by atoms with Gasteiger partial charge in [-0.05, 0) is 62.6 Å². The number of fused-ring (bicyclic) bond motifs is 2. The number of H-pyrrole nitrogens is 1. The van der Waals surface area contributed by atoms with Gasteiger partial charge in [-0.1, -0.05) is 29.9 Å². The van der Waals surface area contributed by atoms with E-state index in [0.29, 0.717) is 37.2 Å². The average Bonchev–Trinajstić information content (AvgIpc) is 3.36. The molecule has 0 saturated carbocycles. The molecule has 3 N–H and O–H groups in total. The van der Waals surface area contributed by atoms with Crippen LogP contribution in [0, 0.1) is 11.8 Å². The summed E-state index contributed by atoms with van der Waals surface area (Å²) in [5, 5.41) is 5.99. The van der Waals surface area contributed by atoms with Gasteiger partial charge in [0.15, 0.2) is 0 Å². The minimum atomic E-state index is -4.81. The number of imidazole rings is 1. The van der Waals surface area contributed by atoms with Crippen LogP contribution in [0.25, 0.3) is 16.6 Å². The number of allylic oxidation sites excluding steroid dienone is 2. The van der Waals surface area contributed by atoms with Gasteiger partial charge in [0.25, 0.3) is 0 Å². The molecule has 0 bridgehead atoms. The number of alkyl halides is 3. The summed E-state index contributed by atoms with van der Waals surface area (Å²) in [5.41, 5.74) is 3.40. The molecular weight excluding hydrogens is 575 g/mol. The molecule has 12 heteroatoms. The Hall–Kier alpha value is -4.48. The summed E-state index contributed by atoms with van der Waals surface area (Å²) in [7, 11) is 1.60. The SMILES string of the molecule is COc1ccc2nc(CCNC(=O)C3C=CC(c4cccc(OC(F)(F)F)c4)=C4CCN(C(=O)NC(C)(C)C)CC43)[nH]c2c1. The maximum atomic E-state index is 13.6. The molecule has 1 fully saturated rings. The number of halogens is 3. The summed E-state index contributed by atoms with van der Waals surface area (Å²) in [5.74, 6) is -0.0227. The number of aromatic nitrogens is 2. The normalized spacial score (nSPS) is 18.7. The second-order valence-corrected chi connectivity index (χ2v) is 12.0. The summed E-state index contributed by atoms with van der Waals surface area (Å²) in [6, 6.07) is 11.1. The molecule has 2 heterocycles. The van der Waals surface area contributed by atoms with E-state index in [4.69, 9.17) is 4.74 Å². The van der Waals surface area contributed by atoms with Gasteiger partial charge in [0.1, 0.15) is 17.3 Å². The van der Waals surface area contributed by atoms with Crippen molar-refractivity contribution in [2.45, 2.75) is 45.5 Å². The van der Waals surface area contributed by atoms with Crippen LogP contribution in [0.1, 0.15) is 38.6 Å². The Morgan fingerprint density at radius 2 is 1.91 bits per heavy atom. The molecule has 1 saturated heterocycles. The van der Waals surface area contributed by atoms with E-state index in [-0.39, 0.29) is 30.2 Å². The first kappa shape index (κ1) is 31.0. The largest absolute Gasteiger partial charge is 0.573 e. The smallest absolute Gasteiger partial charge is 0.497 e. The van der Waals surface area contributed by atoms with Crippen molar-refractivity contribution < 1.29 is 32.2 Å². The number of methoxy groups -OCH3 is 1. The summed E-state index contributed by atoms with van der Waals surface area (Å²) < 4.78 is 48.1. The number of carbonyl (C=O) groups is 2. The van der Waals surface area contributed by atoms with Gasteiger partial charge in [0.2, 0.25) is 5.91 Å². The third kappa shape index (κ3) is 7.35. The van der Waals surface area contributed by atoms with Crippen molar-refractivity contribution in [3.05, 3.63) is 71.6 Å². The summed E-state index contributed by atoms with van der Waals surface area (Å²) in [6.07, 6.45) is -0.303. The number of benzene rings is 2. The van der Waals surface area contributed by atoms with Gasteiger partial charge in [-0.3, -0.25) is 4.79 Å². The maximum absolute atomic E-state index is 13.6. The van der Waals surface area contributed by atoms with E-state index >= 15 is 0 Å². The van der Waals surface area contributed by atoms with E-state index in [0.717, 1.165) is 28.0 Å². The molecule has 234 valence electrons. The number of nitrogens with one attached hydrogen (secondary N) is 3. The molecule has 44 heavy (non-hydrogen) atoms. The summed E-state index contributed by atoms with van der Waals surface area (Å²) >= 11 is 0. The van der Waals surface area contributed by atoms with Crippen molar-refractivity contribution in [3.8, 4) is 11.5 Å². The van der Waals surface area contributed by atoms with Crippen LogP contribution >= 0.6 is 0 Å². The van der Waals surface area contributed by atoms with Crippen LogP contribution in [0.15, 0.2) is 60.2 Å². The standard InChI is InChI=1S/C32H36F3N5O4/c1-31(2,3)39-30(42)40-15-13-23-22(19-6-5-7-21(16-19)44-32(33,34)35)9-10-24(25(23)18-40)29(41)36-14-12-28-37-26-11-8-20(43-4)17-27(26)38-28/h5-11,16-17,24-25H,12-15,18H2,1-4H3,(H,36,41)(H,37,38)(H,39,42). The molecule has 5 rings (SSSR count). The highest BCUT2D eigenvalue weighted by molar-refractivity contribution is 5.87. The Bertz CT molecular complexity index is 1610. The topological polar surface area (TPSA) is 109 Å². The second-order valence-electron chi connectivity index (χ2n) is 12.0. The number of urea groups is 1. The van der Waals surface area contributed by atoms with E-state index in [1.54, 1.807) is 30.2 Å². The Morgan fingerprint density at radius 3 is 2.64 bits per heavy atom. The molecule has 2 aliphatic rings. The Labute approximate surface area is 253 Å². The second kappa shape index (κ2) is 12.3. The van der Waals surface area contributed by atoms with Crippen molar-refractivity contribution in [3.63, 3.8) is 0 Å². The van der Waals surface area contributed by atoms with Crippen molar-refractivity contribution in [2.75, 3.05) is 26.7 Å². The number of likely N-dealkylation sites (tertiary alicyclic amines) is 1. The molecule has 9 nitrogen and oxygen atoms in total. The lowest BCUT2D eigenvalue weighted by Gasteiger charge is -2.41. The van der Waals surface area contributed by atoms with E-state index < -0.39 is 17.8 Å². The number of nitrogens with zero attached hydrogens (tertiary/aromatic N) is 2. The van der Waals surface area contributed by atoms with Crippen LogP contribution in [0.4, 0.5) is 18.0 Å². The molecule has 3 aromatic rings. The molecule has 1 aliphatic heterocycles. The van der Waals surface area contributed by atoms with Crippen LogP contribution in [0.5, 0.6) is 11.5 Å². The van der Waals surface area contributed by atoms with Gasteiger partial charge >= 0.3 is 12.4 Å². The average molecular weight is 612 g/mol. The number of hydrogen-bond acceptors (Lipinski definition) is 5. The van der Waals surface area contributed by atoms with Crippen LogP contribution in [0.3, 0.4) is 0 Å². The van der Waals surface area contributed by atoms with Gasteiger partial charge < -0.3 is 30.0 Å². The summed E-state index contributed by atoms with van der Waals surface area (Å²) in [4.78, 5) is 36.2. The molecule has 1 aromatic heterocycles. The van der Waals surface area contributed by atoms with Crippen molar-refractivity contribution in [1.29, 1.82) is 0 Å². The van der Waals surface area contributed by atoms with Gasteiger partial charge in [-0.15, -0.1) is 13.2 Å². The number of ether oxygens (including phenoxy) is 2. The third-order valence-corrected chi connectivity index (χ3v) is 7.62. The molecule has 1 aliphatic carbocycles. The molecular formula is C32H36F3N5O4. The lowest BCUT2D eigenvalue weighted by Crippen LogP contribution is -2.53. The van der Waals surface area contributed by atoms with Crippen LogP contribution in [0.2, 0.25) is 0 Å². The Balaban J connectivity index is 1.35. The predicted octanol–water partition coefficient (Wildman–Crippen LogP) is 5.60. The highest BCUT2D eigenvalue weighted by Crippen LogP contribution is 2.41. The fourth-order valence-electron chi connectivity index (χ4n) is 5.69. The first-order chi connectivity index (χ1) is 20.8. The quantitative estimate of drug-likeness (QED) is 0.323. The minimum Gasteiger partial charge on any atom is -0.497 e. The maximum Gasteiger partial charge on any atom is 0.573 e. The first-order valence-corrected chi connectivity index (χ1v) is 14.4. The lowest BCUT2D eigenvalue weighted by atomic mass is 9.73. The first-order valence-electron chi connectivity index (χ1n) is 14.4. The molecule has 3 amide bonds. The predicted molar refractivity (Wildman–Crippen MR) is 160 cm³/mol. The van der Waals surface area contributed by atoms with Crippen molar-refractivity contribution in [2.24, 2.45) is 11.8 Å². The van der Waals surface area contributed by atoms with E-state index in [1.807, 2.05) is 39.0 Å². The highest BCUT2D eigenvalue weighted by atomic mass is 19.4. The van der Waals surface area contributed by atoms with Crippen molar-refractivity contribution >= 4 is 28.5 Å². The Morgan fingerprint density at radius 1 is 1.11 bits per heavy atom. The number of aromatic amines is 1. The lowest BCUT2D eigenvalue weighted by molar-refractivity contribution is -0.274. The number of amides is 3. The van der Waals surface area contributed by atoms with E-state index in [1.165, 1.54) is 18.2 Å². The molecule has 2 aromatic carbocycles. The zero-order valence-electron chi connectivity index (χ0n) is 25.0. The van der Waals surface area contributed by atoms with Gasteiger partial charge in [0, 0.05) is 43.6 Å². The van der Waals surface area contributed by atoms with E-state index in [9.17, 15) is 22.8 Å². The fraction of sp³-hybridized carbons (Fsp3) is 0.406. The number of carbonyl (C=O) groups excluding carboxylic acids is 2. The zero-order chi connectivity index (χ0) is 31.6. The molecule has 0 spiro atoms. The monoisotopic (exact) mass is 611 g/mol. The molecule has 2 atom stereocenters. The number of piperidine rings is 1. The summed E-state index contributed by atoms with van der Waals surface area (Å²) in [6.45, 7) is 6.72. The number of hydrogen-bond donors (Lipinski definition) is 3. The third-order valence-electron chi connectivity index (χ3n) is 7.62. The fourth-order valence-corrected chi connectivity index (χ4v) is 5.69. The van der Waals surface area contributed by atoms with E-state index in [2.05, 4.69) is 25.3 Å². The zero-order valence-corrected chi connectivity index (χ0v) is 25.0. The van der Waals surface area contributed by atoms with Crippen LogP contribution in [-0.2, 0) is 11.2 Å². The van der Waals surface area contributed by atoms with Crippen molar-refractivity contribution in [1.82, 2.24) is 25.5 Å². The van der Waals surface area contributed by atoms with Gasteiger partial charge in [-0.25, -0.2) is 9.78 Å². The van der Waals surface area contributed by atoms with Gasteiger partial charge in [0.05, 0.1) is 24.1 Å². The molecule has 2 unspecified atom stereocenters. The van der Waals surface area contributed by atoms with Crippen LogP contribution in [-0.4, -0.2) is 65.5 Å². The highest BCUT2D eigenvalue weighted by Gasteiger charge is 2.39. The van der Waals surface area contributed by atoms with Gasteiger partial charge in [-0.2, -0.15) is 0 Å². The minimum absolute atomic E-state index is 0.201. The number of rotatable bonds is 7. The van der Waals surface area contributed by atoms with Crippen LogP contribution < -0.4 is 20.1 Å².